The van der Waals surface area contributed by atoms with E-state index < -0.39 is 0 Å². The van der Waals surface area contributed by atoms with Crippen LogP contribution in [-0.2, 0) is 11.2 Å². The average molecular weight is 247 g/mol. The second-order valence-electron chi connectivity index (χ2n) is 5.27. The molecule has 3 nitrogen and oxygen atoms in total. The van der Waals surface area contributed by atoms with Gasteiger partial charge in [-0.15, -0.1) is 0 Å². The molecule has 1 unspecified atom stereocenters. The fraction of sp³-hybridized carbons (Fsp3) is 0.533. The van der Waals surface area contributed by atoms with Gasteiger partial charge >= 0.3 is 0 Å². The van der Waals surface area contributed by atoms with Gasteiger partial charge in [-0.3, -0.25) is 4.79 Å². The summed E-state index contributed by atoms with van der Waals surface area (Å²) in [6, 6.07) is 6.19. The summed E-state index contributed by atoms with van der Waals surface area (Å²) in [6.45, 7) is 5.83. The third-order valence-electron chi connectivity index (χ3n) is 3.82. The number of hydrogen-bond donors (Lipinski definition) is 1. The first-order valence-corrected chi connectivity index (χ1v) is 6.55. The summed E-state index contributed by atoms with van der Waals surface area (Å²) in [5, 5.41) is 9.08. The molecule has 1 heterocycles. The number of hydrogen-bond acceptors (Lipinski definition) is 2. The number of likely N-dealkylation sites (tertiary alicyclic amines) is 1. The van der Waals surface area contributed by atoms with E-state index in [1.807, 2.05) is 11.0 Å². The predicted molar refractivity (Wildman–Crippen MR) is 71.4 cm³/mol. The van der Waals surface area contributed by atoms with Crippen LogP contribution in [0.25, 0.3) is 0 Å². The average Bonchev–Trinajstić information content (AvgIpc) is 2.82. The lowest BCUT2D eigenvalue weighted by molar-refractivity contribution is -0.129. The van der Waals surface area contributed by atoms with Gasteiger partial charge in [-0.05, 0) is 37.0 Å². The van der Waals surface area contributed by atoms with Gasteiger partial charge in [0.15, 0.2) is 0 Å². The highest BCUT2D eigenvalue weighted by molar-refractivity contribution is 5.79. The number of nitrogens with zero attached hydrogens (tertiary/aromatic N) is 1. The zero-order valence-electron chi connectivity index (χ0n) is 11.1. The van der Waals surface area contributed by atoms with Crippen LogP contribution in [0.3, 0.4) is 0 Å². The first-order valence-electron chi connectivity index (χ1n) is 6.55. The number of aryl methyl sites for hydroxylation is 2. The number of amides is 1. The Kier molecular flexibility index (Phi) is 4.02. The summed E-state index contributed by atoms with van der Waals surface area (Å²) in [5.74, 6) is 0.447. The van der Waals surface area contributed by atoms with E-state index in [-0.39, 0.29) is 18.4 Å². The maximum Gasteiger partial charge on any atom is 0.227 e. The molecule has 1 aromatic carbocycles. The Morgan fingerprint density at radius 3 is 2.78 bits per heavy atom. The molecule has 0 saturated carbocycles. The molecule has 0 radical (unpaired) electrons. The molecule has 0 spiro atoms. The van der Waals surface area contributed by atoms with Gasteiger partial charge in [0.05, 0.1) is 6.42 Å². The zero-order valence-corrected chi connectivity index (χ0v) is 11.1. The molecule has 1 atom stereocenters. The van der Waals surface area contributed by atoms with E-state index in [0.717, 1.165) is 18.5 Å². The van der Waals surface area contributed by atoms with Crippen molar-refractivity contribution in [2.75, 3.05) is 19.7 Å². The Bertz CT molecular complexity index is 442. The quantitative estimate of drug-likeness (QED) is 0.883. The van der Waals surface area contributed by atoms with Crippen LogP contribution < -0.4 is 0 Å². The van der Waals surface area contributed by atoms with Crippen molar-refractivity contribution in [3.63, 3.8) is 0 Å². The molecule has 1 aliphatic rings. The summed E-state index contributed by atoms with van der Waals surface area (Å²) in [4.78, 5) is 14.0. The Morgan fingerprint density at radius 1 is 1.39 bits per heavy atom. The van der Waals surface area contributed by atoms with Crippen LogP contribution in [0.15, 0.2) is 18.2 Å². The molecule has 1 aromatic rings. The van der Waals surface area contributed by atoms with Gasteiger partial charge in [0.25, 0.3) is 0 Å². The van der Waals surface area contributed by atoms with E-state index in [2.05, 4.69) is 26.0 Å². The summed E-state index contributed by atoms with van der Waals surface area (Å²) >= 11 is 0. The molecule has 1 fully saturated rings. The smallest absolute Gasteiger partial charge is 0.227 e. The summed E-state index contributed by atoms with van der Waals surface area (Å²) in [7, 11) is 0. The minimum Gasteiger partial charge on any atom is -0.396 e. The van der Waals surface area contributed by atoms with Gasteiger partial charge in [-0.2, -0.15) is 0 Å². The van der Waals surface area contributed by atoms with Crippen molar-refractivity contribution in [1.29, 1.82) is 0 Å². The van der Waals surface area contributed by atoms with Crippen molar-refractivity contribution >= 4 is 5.91 Å². The van der Waals surface area contributed by atoms with Crippen molar-refractivity contribution < 1.29 is 9.90 Å². The molecule has 0 aromatic heterocycles. The molecular formula is C15H21NO2. The Balaban J connectivity index is 1.97. The van der Waals surface area contributed by atoms with Crippen LogP contribution in [0.4, 0.5) is 0 Å². The third-order valence-corrected chi connectivity index (χ3v) is 3.82. The maximum atomic E-state index is 12.1. The highest BCUT2D eigenvalue weighted by Gasteiger charge is 2.25. The second-order valence-corrected chi connectivity index (χ2v) is 5.27. The highest BCUT2D eigenvalue weighted by Crippen LogP contribution is 2.17. The lowest BCUT2D eigenvalue weighted by Crippen LogP contribution is -2.30. The Labute approximate surface area is 108 Å². The van der Waals surface area contributed by atoms with Crippen molar-refractivity contribution in [2.45, 2.75) is 26.7 Å². The van der Waals surface area contributed by atoms with E-state index in [1.54, 1.807) is 0 Å². The van der Waals surface area contributed by atoms with Gasteiger partial charge in [-0.1, -0.05) is 18.2 Å². The number of carbonyl (C=O) groups is 1. The number of aliphatic hydroxyl groups excluding tert-OH is 1. The topological polar surface area (TPSA) is 40.5 Å². The summed E-state index contributed by atoms with van der Waals surface area (Å²) < 4.78 is 0. The minimum atomic E-state index is 0.175. The number of aliphatic hydroxyl groups is 1. The van der Waals surface area contributed by atoms with Crippen LogP contribution in [0.2, 0.25) is 0 Å². The van der Waals surface area contributed by atoms with E-state index in [1.165, 1.54) is 11.1 Å². The lowest BCUT2D eigenvalue weighted by Gasteiger charge is -2.16. The van der Waals surface area contributed by atoms with E-state index >= 15 is 0 Å². The minimum absolute atomic E-state index is 0.175. The van der Waals surface area contributed by atoms with Crippen LogP contribution in [0, 0.1) is 19.8 Å². The van der Waals surface area contributed by atoms with E-state index in [0.29, 0.717) is 13.0 Å². The molecule has 2 rings (SSSR count). The fourth-order valence-corrected chi connectivity index (χ4v) is 2.41. The number of rotatable bonds is 3. The predicted octanol–water partition coefficient (Wildman–Crippen LogP) is 1.69. The molecule has 0 aliphatic carbocycles. The van der Waals surface area contributed by atoms with Crippen molar-refractivity contribution in [3.05, 3.63) is 34.9 Å². The van der Waals surface area contributed by atoms with Crippen LogP contribution in [-0.4, -0.2) is 35.6 Å². The molecule has 0 bridgehead atoms. The second kappa shape index (κ2) is 5.53. The summed E-state index contributed by atoms with van der Waals surface area (Å²) in [5.41, 5.74) is 3.57. The Hall–Kier alpha value is -1.35. The standard InChI is InChI=1S/C15H21NO2/c1-11-3-4-13(7-12(11)2)8-15(18)16-6-5-14(9-16)10-17/h3-4,7,14,17H,5-6,8-10H2,1-2H3. The van der Waals surface area contributed by atoms with Crippen LogP contribution in [0.5, 0.6) is 0 Å². The normalized spacial score (nSPS) is 19.3. The van der Waals surface area contributed by atoms with Gasteiger partial charge in [0, 0.05) is 25.6 Å². The molecule has 1 amide bonds. The fourth-order valence-electron chi connectivity index (χ4n) is 2.41. The van der Waals surface area contributed by atoms with Crippen molar-refractivity contribution in [3.8, 4) is 0 Å². The van der Waals surface area contributed by atoms with Gasteiger partial charge < -0.3 is 10.0 Å². The van der Waals surface area contributed by atoms with Crippen LogP contribution >= 0.6 is 0 Å². The lowest BCUT2D eigenvalue weighted by atomic mass is 10.0. The number of benzene rings is 1. The Morgan fingerprint density at radius 2 is 2.17 bits per heavy atom. The van der Waals surface area contributed by atoms with E-state index in [9.17, 15) is 4.79 Å². The van der Waals surface area contributed by atoms with Gasteiger partial charge in [0.1, 0.15) is 0 Å². The first-order chi connectivity index (χ1) is 8.60. The maximum absolute atomic E-state index is 12.1. The molecule has 98 valence electrons. The molecule has 3 heteroatoms. The molecule has 1 aliphatic heterocycles. The van der Waals surface area contributed by atoms with E-state index in [4.69, 9.17) is 5.11 Å². The largest absolute Gasteiger partial charge is 0.396 e. The van der Waals surface area contributed by atoms with Crippen molar-refractivity contribution in [1.82, 2.24) is 4.90 Å². The monoisotopic (exact) mass is 247 g/mol. The molecular weight excluding hydrogens is 226 g/mol. The highest BCUT2D eigenvalue weighted by atomic mass is 16.3. The third kappa shape index (κ3) is 2.91. The SMILES string of the molecule is Cc1ccc(CC(=O)N2CCC(CO)C2)cc1C. The molecule has 1 N–H and O–H groups in total. The van der Waals surface area contributed by atoms with Gasteiger partial charge in [-0.25, -0.2) is 0 Å². The van der Waals surface area contributed by atoms with Gasteiger partial charge in [0.2, 0.25) is 5.91 Å². The first kappa shape index (κ1) is 13.1. The zero-order chi connectivity index (χ0) is 13.1. The number of carbonyl (C=O) groups excluding carboxylic acids is 1. The van der Waals surface area contributed by atoms with Crippen molar-refractivity contribution in [2.24, 2.45) is 5.92 Å². The van der Waals surface area contributed by atoms with Crippen LogP contribution in [0.1, 0.15) is 23.1 Å². The molecule has 18 heavy (non-hydrogen) atoms. The molecule has 1 saturated heterocycles. The summed E-state index contributed by atoms with van der Waals surface area (Å²) in [6.07, 6.45) is 1.40.